The zero-order valence-electron chi connectivity index (χ0n) is 16.1. The van der Waals surface area contributed by atoms with Crippen molar-refractivity contribution in [2.45, 2.75) is 24.2 Å². The first-order chi connectivity index (χ1) is 13.9. The van der Waals surface area contributed by atoms with Gasteiger partial charge in [0, 0.05) is 51.1 Å². The minimum absolute atomic E-state index is 0.0107. The zero-order valence-corrected chi connectivity index (χ0v) is 16.9. The van der Waals surface area contributed by atoms with Gasteiger partial charge in [-0.1, -0.05) is 0 Å². The van der Waals surface area contributed by atoms with Crippen LogP contribution in [0.5, 0.6) is 11.5 Å². The van der Waals surface area contributed by atoms with Crippen LogP contribution in [0.25, 0.3) is 0 Å². The molecule has 3 aliphatic rings. The van der Waals surface area contributed by atoms with Crippen LogP contribution in [-0.2, 0) is 19.6 Å². The number of ether oxygens (including phenoxy) is 2. The smallest absolute Gasteiger partial charge is 0.240 e. The molecular weight excluding hydrogens is 398 g/mol. The minimum Gasteiger partial charge on any atom is -0.486 e. The first-order valence-corrected chi connectivity index (χ1v) is 11.4. The second-order valence-corrected chi connectivity index (χ2v) is 9.20. The second kappa shape index (κ2) is 8.19. The Labute approximate surface area is 170 Å². The number of carbonyl (C=O) groups excluding carboxylic acids is 2. The third-order valence-electron chi connectivity index (χ3n) is 5.33. The molecule has 158 valence electrons. The van der Waals surface area contributed by atoms with Crippen molar-refractivity contribution in [1.29, 1.82) is 0 Å². The van der Waals surface area contributed by atoms with Crippen LogP contribution in [0.15, 0.2) is 23.1 Å². The van der Waals surface area contributed by atoms with Gasteiger partial charge in [0.05, 0.1) is 4.90 Å². The predicted molar refractivity (Wildman–Crippen MR) is 103 cm³/mol. The van der Waals surface area contributed by atoms with E-state index in [1.165, 1.54) is 12.1 Å². The van der Waals surface area contributed by atoms with Crippen molar-refractivity contribution in [2.24, 2.45) is 5.92 Å². The molecule has 10 heteroatoms. The Balaban J connectivity index is 1.25. The van der Waals surface area contributed by atoms with Gasteiger partial charge in [0.25, 0.3) is 0 Å². The number of hydrogen-bond donors (Lipinski definition) is 1. The number of piperazine rings is 1. The lowest BCUT2D eigenvalue weighted by Gasteiger charge is -2.35. The maximum atomic E-state index is 12.5. The first-order valence-electron chi connectivity index (χ1n) is 9.90. The number of nitrogens with one attached hydrogen (secondary N) is 1. The number of sulfonamides is 1. The van der Waals surface area contributed by atoms with Crippen molar-refractivity contribution in [2.75, 3.05) is 45.9 Å². The molecule has 9 nitrogen and oxygen atoms in total. The molecule has 1 N–H and O–H groups in total. The highest BCUT2D eigenvalue weighted by Gasteiger charge is 2.35. The van der Waals surface area contributed by atoms with Gasteiger partial charge in [-0.2, -0.15) is 0 Å². The molecule has 1 aliphatic carbocycles. The predicted octanol–water partition coefficient (Wildman–Crippen LogP) is 0.207. The average molecular weight is 423 g/mol. The SMILES string of the molecule is O=C(CCNS(=O)(=O)c1ccc2c(c1)OCCO2)N1CCN(C(=O)C2CC2)CC1. The monoisotopic (exact) mass is 423 g/mol. The Morgan fingerprint density at radius 1 is 1.00 bits per heavy atom. The molecule has 1 aromatic rings. The highest BCUT2D eigenvalue weighted by Crippen LogP contribution is 2.32. The number of nitrogens with zero attached hydrogens (tertiary/aromatic N) is 2. The van der Waals surface area contributed by atoms with E-state index < -0.39 is 10.0 Å². The molecule has 2 aliphatic heterocycles. The van der Waals surface area contributed by atoms with Gasteiger partial charge >= 0.3 is 0 Å². The lowest BCUT2D eigenvalue weighted by Crippen LogP contribution is -2.51. The van der Waals surface area contributed by atoms with E-state index in [-0.39, 0.29) is 35.6 Å². The highest BCUT2D eigenvalue weighted by atomic mass is 32.2. The lowest BCUT2D eigenvalue weighted by molar-refractivity contribution is -0.140. The summed E-state index contributed by atoms with van der Waals surface area (Å²) in [6.07, 6.45) is 2.02. The zero-order chi connectivity index (χ0) is 20.4. The molecule has 0 atom stereocenters. The van der Waals surface area contributed by atoms with Crippen LogP contribution >= 0.6 is 0 Å². The molecule has 1 saturated heterocycles. The third kappa shape index (κ3) is 4.64. The highest BCUT2D eigenvalue weighted by molar-refractivity contribution is 7.89. The van der Waals surface area contributed by atoms with Crippen molar-refractivity contribution < 1.29 is 27.5 Å². The van der Waals surface area contributed by atoms with E-state index in [1.54, 1.807) is 11.0 Å². The molecule has 0 unspecified atom stereocenters. The molecule has 0 bridgehead atoms. The molecule has 0 radical (unpaired) electrons. The fourth-order valence-electron chi connectivity index (χ4n) is 3.49. The van der Waals surface area contributed by atoms with Crippen LogP contribution in [0, 0.1) is 5.92 Å². The van der Waals surface area contributed by atoms with Crippen LogP contribution < -0.4 is 14.2 Å². The van der Waals surface area contributed by atoms with Gasteiger partial charge in [0.1, 0.15) is 13.2 Å². The summed E-state index contributed by atoms with van der Waals surface area (Å²) in [4.78, 5) is 28.0. The van der Waals surface area contributed by atoms with E-state index in [9.17, 15) is 18.0 Å². The number of fused-ring (bicyclic) bond motifs is 1. The van der Waals surface area contributed by atoms with Gasteiger partial charge in [0.15, 0.2) is 11.5 Å². The molecule has 29 heavy (non-hydrogen) atoms. The van der Waals surface area contributed by atoms with Gasteiger partial charge in [-0.25, -0.2) is 13.1 Å². The van der Waals surface area contributed by atoms with Crippen LogP contribution in [0.4, 0.5) is 0 Å². The van der Waals surface area contributed by atoms with Crippen molar-refractivity contribution in [1.82, 2.24) is 14.5 Å². The minimum atomic E-state index is -3.75. The second-order valence-electron chi connectivity index (χ2n) is 7.43. The number of amides is 2. The Bertz CT molecular complexity index is 891. The average Bonchev–Trinajstić information content (AvgIpc) is 3.58. The van der Waals surface area contributed by atoms with Crippen LogP contribution in [0.1, 0.15) is 19.3 Å². The van der Waals surface area contributed by atoms with Crippen molar-refractivity contribution in [3.8, 4) is 11.5 Å². The van der Waals surface area contributed by atoms with E-state index >= 15 is 0 Å². The summed E-state index contributed by atoms with van der Waals surface area (Å²) in [7, 11) is -3.75. The molecule has 4 rings (SSSR count). The number of benzene rings is 1. The Morgan fingerprint density at radius 2 is 1.66 bits per heavy atom. The summed E-state index contributed by atoms with van der Waals surface area (Å²) in [5, 5.41) is 0. The molecule has 0 spiro atoms. The summed E-state index contributed by atoms with van der Waals surface area (Å²) >= 11 is 0. The van der Waals surface area contributed by atoms with Crippen molar-refractivity contribution >= 4 is 21.8 Å². The fourth-order valence-corrected chi connectivity index (χ4v) is 4.54. The summed E-state index contributed by atoms with van der Waals surface area (Å²) in [5.74, 6) is 1.18. The van der Waals surface area contributed by atoms with Gasteiger partial charge in [-0.3, -0.25) is 9.59 Å². The van der Waals surface area contributed by atoms with Crippen LogP contribution in [0.2, 0.25) is 0 Å². The molecule has 2 fully saturated rings. The first kappa shape index (κ1) is 20.0. The lowest BCUT2D eigenvalue weighted by atomic mass is 10.2. The van der Waals surface area contributed by atoms with Gasteiger partial charge in [0.2, 0.25) is 21.8 Å². The summed E-state index contributed by atoms with van der Waals surface area (Å²) in [5.41, 5.74) is 0. The third-order valence-corrected chi connectivity index (χ3v) is 6.78. The standard InChI is InChI=1S/C19H25N3O6S/c23-18(21-7-9-22(10-8-21)19(24)14-1-2-14)5-6-20-29(25,26)15-3-4-16-17(13-15)28-12-11-27-16/h3-4,13-14,20H,1-2,5-12H2. The van der Waals surface area contributed by atoms with E-state index in [0.29, 0.717) is 50.9 Å². The maximum absolute atomic E-state index is 12.5. The Hall–Kier alpha value is -2.33. The van der Waals surface area contributed by atoms with Gasteiger partial charge in [-0.15, -0.1) is 0 Å². The molecule has 2 heterocycles. The molecular formula is C19H25N3O6S. The van der Waals surface area contributed by atoms with Crippen LogP contribution in [0.3, 0.4) is 0 Å². The molecule has 1 saturated carbocycles. The quantitative estimate of drug-likeness (QED) is 0.701. The number of carbonyl (C=O) groups is 2. The normalized spacial score (nSPS) is 19.2. The maximum Gasteiger partial charge on any atom is 0.240 e. The number of rotatable bonds is 6. The van der Waals surface area contributed by atoms with Crippen LogP contribution in [-0.4, -0.2) is 76.0 Å². The number of hydrogen-bond acceptors (Lipinski definition) is 6. The Kier molecular flexibility index (Phi) is 5.64. The largest absolute Gasteiger partial charge is 0.486 e. The molecule has 2 amide bonds. The fraction of sp³-hybridized carbons (Fsp3) is 0.579. The van der Waals surface area contributed by atoms with E-state index in [4.69, 9.17) is 9.47 Å². The van der Waals surface area contributed by atoms with Crippen molar-refractivity contribution in [3.05, 3.63) is 18.2 Å². The summed E-state index contributed by atoms with van der Waals surface area (Å²) in [6.45, 7) is 2.89. The van der Waals surface area contributed by atoms with E-state index in [0.717, 1.165) is 12.8 Å². The Morgan fingerprint density at radius 3 is 2.34 bits per heavy atom. The summed E-state index contributed by atoms with van der Waals surface area (Å²) < 4.78 is 38.3. The molecule has 0 aromatic heterocycles. The van der Waals surface area contributed by atoms with Gasteiger partial charge in [-0.05, 0) is 25.0 Å². The summed E-state index contributed by atoms with van der Waals surface area (Å²) in [6, 6.07) is 4.44. The topological polar surface area (TPSA) is 105 Å². The van der Waals surface area contributed by atoms with E-state index in [1.807, 2.05) is 4.90 Å². The van der Waals surface area contributed by atoms with Gasteiger partial charge < -0.3 is 19.3 Å². The van der Waals surface area contributed by atoms with E-state index in [2.05, 4.69) is 4.72 Å². The van der Waals surface area contributed by atoms with Crippen molar-refractivity contribution in [3.63, 3.8) is 0 Å². The molecule has 1 aromatic carbocycles.